The van der Waals surface area contributed by atoms with E-state index >= 15 is 0 Å². The number of benzene rings is 1. The highest BCUT2D eigenvalue weighted by Gasteiger charge is 2.36. The number of hydrazine groups is 1. The summed E-state index contributed by atoms with van der Waals surface area (Å²) < 4.78 is 5.94. The second kappa shape index (κ2) is 6.42. The van der Waals surface area contributed by atoms with Crippen LogP contribution in [0.5, 0.6) is 0 Å². The van der Waals surface area contributed by atoms with Crippen LogP contribution < -0.4 is 11.3 Å². The Bertz CT molecular complexity index is 433. The molecule has 1 heterocycles. The largest absolute Gasteiger partial charge is 0.374 e. The van der Waals surface area contributed by atoms with Gasteiger partial charge in [0.15, 0.2) is 0 Å². The second-order valence-electron chi connectivity index (χ2n) is 5.28. The summed E-state index contributed by atoms with van der Waals surface area (Å²) >= 11 is 12.2. The number of halogens is 2. The molecule has 0 bridgehead atoms. The number of hydrogen-bond acceptors (Lipinski definition) is 3. The van der Waals surface area contributed by atoms with E-state index in [0.717, 1.165) is 31.4 Å². The summed E-state index contributed by atoms with van der Waals surface area (Å²) in [6, 6.07) is 5.51. The molecule has 1 aliphatic heterocycles. The van der Waals surface area contributed by atoms with E-state index in [-0.39, 0.29) is 11.6 Å². The Kier molecular flexibility index (Phi) is 5.09. The minimum absolute atomic E-state index is 0.0174. The molecule has 3 N–H and O–H groups in total. The van der Waals surface area contributed by atoms with E-state index in [9.17, 15) is 0 Å². The molecule has 1 aliphatic rings. The van der Waals surface area contributed by atoms with Crippen LogP contribution >= 0.6 is 23.2 Å². The fourth-order valence-corrected chi connectivity index (χ4v) is 2.99. The predicted octanol–water partition coefficient (Wildman–Crippen LogP) is 3.33. The molecule has 0 saturated carbocycles. The van der Waals surface area contributed by atoms with Crippen LogP contribution in [0.4, 0.5) is 0 Å². The van der Waals surface area contributed by atoms with Crippen LogP contribution in [-0.2, 0) is 11.2 Å². The molecule has 0 spiro atoms. The first-order chi connectivity index (χ1) is 9.05. The summed E-state index contributed by atoms with van der Waals surface area (Å²) in [6.07, 6.45) is 3.98. The van der Waals surface area contributed by atoms with E-state index in [1.54, 1.807) is 6.07 Å². The van der Waals surface area contributed by atoms with Gasteiger partial charge in [0, 0.05) is 16.7 Å². The van der Waals surface area contributed by atoms with Crippen LogP contribution in [0.2, 0.25) is 10.0 Å². The van der Waals surface area contributed by atoms with Crippen molar-refractivity contribution in [2.45, 2.75) is 44.2 Å². The highest BCUT2D eigenvalue weighted by atomic mass is 35.5. The van der Waals surface area contributed by atoms with Crippen molar-refractivity contribution in [3.63, 3.8) is 0 Å². The summed E-state index contributed by atoms with van der Waals surface area (Å²) in [7, 11) is 0. The van der Waals surface area contributed by atoms with Crippen molar-refractivity contribution in [3.05, 3.63) is 33.8 Å². The minimum Gasteiger partial charge on any atom is -0.374 e. The van der Waals surface area contributed by atoms with Crippen LogP contribution in [0, 0.1) is 0 Å². The Hall–Kier alpha value is -0.320. The fraction of sp³-hybridized carbons (Fsp3) is 0.571. The molecule has 106 valence electrons. The van der Waals surface area contributed by atoms with Gasteiger partial charge in [0.05, 0.1) is 11.6 Å². The van der Waals surface area contributed by atoms with Gasteiger partial charge in [-0.15, -0.1) is 0 Å². The first-order valence-electron chi connectivity index (χ1n) is 6.59. The average molecular weight is 303 g/mol. The standard InChI is InChI=1S/C14H20Cl2N2O/c1-14(6-2-3-7-19-14)13(18-17)9-10-8-11(15)4-5-12(10)16/h4-5,8,13,18H,2-3,6-7,9,17H2,1H3. The van der Waals surface area contributed by atoms with Gasteiger partial charge < -0.3 is 4.74 Å². The van der Waals surface area contributed by atoms with Crippen molar-refractivity contribution in [3.8, 4) is 0 Å². The molecule has 1 aromatic carbocycles. The van der Waals surface area contributed by atoms with Crippen molar-refractivity contribution in [2.75, 3.05) is 6.61 Å². The monoisotopic (exact) mass is 302 g/mol. The Morgan fingerprint density at radius 2 is 2.21 bits per heavy atom. The van der Waals surface area contributed by atoms with E-state index < -0.39 is 0 Å². The van der Waals surface area contributed by atoms with Gasteiger partial charge >= 0.3 is 0 Å². The zero-order valence-electron chi connectivity index (χ0n) is 11.1. The zero-order valence-corrected chi connectivity index (χ0v) is 12.6. The lowest BCUT2D eigenvalue weighted by Crippen LogP contribution is -2.55. The maximum absolute atomic E-state index is 6.21. The third-order valence-electron chi connectivity index (χ3n) is 3.87. The molecule has 2 atom stereocenters. The Labute approximate surface area is 124 Å². The molecule has 2 rings (SSSR count). The predicted molar refractivity (Wildman–Crippen MR) is 79.5 cm³/mol. The van der Waals surface area contributed by atoms with Gasteiger partial charge in [-0.1, -0.05) is 23.2 Å². The molecule has 0 radical (unpaired) electrons. The molecule has 0 aromatic heterocycles. The molecule has 19 heavy (non-hydrogen) atoms. The first kappa shape index (κ1) is 15.1. The maximum atomic E-state index is 6.21. The van der Waals surface area contributed by atoms with Crippen molar-refractivity contribution in [1.82, 2.24) is 5.43 Å². The van der Waals surface area contributed by atoms with Crippen LogP contribution in [0.1, 0.15) is 31.7 Å². The molecule has 3 nitrogen and oxygen atoms in total. The summed E-state index contributed by atoms with van der Waals surface area (Å²) in [4.78, 5) is 0. The second-order valence-corrected chi connectivity index (χ2v) is 6.12. The van der Waals surface area contributed by atoms with Crippen LogP contribution in [0.25, 0.3) is 0 Å². The van der Waals surface area contributed by atoms with E-state index in [2.05, 4.69) is 12.3 Å². The molecular weight excluding hydrogens is 283 g/mol. The average Bonchev–Trinajstić information content (AvgIpc) is 2.40. The van der Waals surface area contributed by atoms with E-state index in [0.29, 0.717) is 16.5 Å². The van der Waals surface area contributed by atoms with Gasteiger partial charge in [-0.25, -0.2) is 0 Å². The fourth-order valence-electron chi connectivity index (χ4n) is 2.60. The number of hydrogen-bond donors (Lipinski definition) is 2. The lowest BCUT2D eigenvalue weighted by molar-refractivity contribution is -0.0884. The number of nitrogens with two attached hydrogens (primary N) is 1. The lowest BCUT2D eigenvalue weighted by atomic mass is 9.85. The van der Waals surface area contributed by atoms with Crippen LogP contribution in [0.15, 0.2) is 18.2 Å². The number of rotatable bonds is 4. The third kappa shape index (κ3) is 3.61. The van der Waals surface area contributed by atoms with Gasteiger partial charge in [0.2, 0.25) is 0 Å². The van der Waals surface area contributed by atoms with Crippen molar-refractivity contribution in [2.24, 2.45) is 5.84 Å². The maximum Gasteiger partial charge on any atom is 0.0823 e. The topological polar surface area (TPSA) is 47.3 Å². The summed E-state index contributed by atoms with van der Waals surface area (Å²) in [5.74, 6) is 5.72. The van der Waals surface area contributed by atoms with E-state index in [1.165, 1.54) is 0 Å². The molecule has 1 fully saturated rings. The third-order valence-corrected chi connectivity index (χ3v) is 4.47. The Morgan fingerprint density at radius 3 is 2.84 bits per heavy atom. The molecule has 0 aliphatic carbocycles. The minimum atomic E-state index is -0.251. The Morgan fingerprint density at radius 1 is 1.42 bits per heavy atom. The van der Waals surface area contributed by atoms with Gasteiger partial charge in [-0.3, -0.25) is 11.3 Å². The summed E-state index contributed by atoms with van der Waals surface area (Å²) in [6.45, 7) is 2.90. The first-order valence-corrected chi connectivity index (χ1v) is 7.35. The molecule has 0 amide bonds. The van der Waals surface area contributed by atoms with Crippen LogP contribution in [-0.4, -0.2) is 18.2 Å². The molecule has 5 heteroatoms. The van der Waals surface area contributed by atoms with Gasteiger partial charge in [-0.05, 0) is 56.4 Å². The van der Waals surface area contributed by atoms with Gasteiger partial charge in [-0.2, -0.15) is 0 Å². The Balaban J connectivity index is 2.16. The molecular formula is C14H20Cl2N2O. The normalized spacial score (nSPS) is 25.3. The summed E-state index contributed by atoms with van der Waals surface area (Å²) in [5.41, 5.74) is 3.62. The highest BCUT2D eigenvalue weighted by Crippen LogP contribution is 2.31. The molecule has 2 unspecified atom stereocenters. The smallest absolute Gasteiger partial charge is 0.0823 e. The number of ether oxygens (including phenoxy) is 1. The van der Waals surface area contributed by atoms with Crippen molar-refractivity contribution in [1.29, 1.82) is 0 Å². The summed E-state index contributed by atoms with van der Waals surface area (Å²) in [5, 5.41) is 1.40. The zero-order chi connectivity index (χ0) is 13.9. The van der Waals surface area contributed by atoms with Crippen LogP contribution in [0.3, 0.4) is 0 Å². The molecule has 1 aromatic rings. The van der Waals surface area contributed by atoms with Crippen molar-refractivity contribution >= 4 is 23.2 Å². The lowest BCUT2D eigenvalue weighted by Gasteiger charge is -2.40. The quantitative estimate of drug-likeness (QED) is 0.662. The van der Waals surface area contributed by atoms with Crippen molar-refractivity contribution < 1.29 is 4.74 Å². The highest BCUT2D eigenvalue weighted by molar-refractivity contribution is 6.33. The number of nitrogens with one attached hydrogen (secondary N) is 1. The van der Waals surface area contributed by atoms with E-state index in [1.807, 2.05) is 12.1 Å². The SMILES string of the molecule is CC1(C(Cc2cc(Cl)ccc2Cl)NN)CCCCO1. The molecule has 1 saturated heterocycles. The van der Waals surface area contributed by atoms with Gasteiger partial charge in [0.1, 0.15) is 0 Å². The van der Waals surface area contributed by atoms with E-state index in [4.69, 9.17) is 33.8 Å². The van der Waals surface area contributed by atoms with Gasteiger partial charge in [0.25, 0.3) is 0 Å².